The Hall–Kier alpha value is -2.68. The number of nitrogens with zero attached hydrogens (tertiary/aromatic N) is 2. The van der Waals surface area contributed by atoms with E-state index in [4.69, 9.17) is 0 Å². The number of hydrogen-bond donors (Lipinski definition) is 12. The van der Waals surface area contributed by atoms with Crippen LogP contribution in [0.25, 0.3) is 0 Å². The van der Waals surface area contributed by atoms with Crippen molar-refractivity contribution in [1.82, 2.24) is 9.80 Å². The molecule has 50 nitrogen and oxygen atoms in total. The van der Waals surface area contributed by atoms with E-state index < -0.39 is 242 Å². The Morgan fingerprint density at radius 1 is 0.213 bits per heavy atom. The molecule has 0 saturated heterocycles. The van der Waals surface area contributed by atoms with Crippen molar-refractivity contribution in [3.05, 3.63) is 48.6 Å². The Morgan fingerprint density at radius 2 is 0.348 bits per heavy atom. The third-order valence-corrected chi connectivity index (χ3v) is 16.7. The lowest BCUT2D eigenvalue weighted by atomic mass is 9.87. The summed E-state index contributed by atoms with van der Waals surface area (Å²) in [5.41, 5.74) is 0. The van der Waals surface area contributed by atoms with E-state index in [2.05, 4.69) is 50.2 Å². The van der Waals surface area contributed by atoms with Crippen molar-refractivity contribution in [3.63, 3.8) is 0 Å². The SMILES string of the molecule is O=S(=O)(O)O[C@H]1[C@H](OS(=O)(=O)O)[C@@H](N(CCCN([C@H]2C=C[C@@H](OS(=O)(=O)O)[C@@H](OS(=O)(=O)O)[C@@H]2OS(=O)(=O)O)[C@H]2C=C[C@@H](OS(=O)(=O)O)[C@@H](OS(=O)(=O)O)[C@@H]2OS(=O)(=O)O)[C@H]2C=C[C@@H](OS(=O)(=O)O)[C@@H](OS(=O)(=O)O)[C@@H]2OS(=O)(=O)O)C=C[C@H]1OS(=O)(=O)O. The summed E-state index contributed by atoms with van der Waals surface area (Å²) in [6.45, 7) is -3.14. The van der Waals surface area contributed by atoms with E-state index in [9.17, 15) is 156 Å². The smallest absolute Gasteiger partial charge is 0.285 e. The molecule has 12 N–H and O–H groups in total. The summed E-state index contributed by atoms with van der Waals surface area (Å²) in [5.74, 6) is 0. The van der Waals surface area contributed by atoms with Crippen LogP contribution in [0.2, 0.25) is 0 Å². The molecule has 4 aliphatic carbocycles. The summed E-state index contributed by atoms with van der Waals surface area (Å²) in [6.07, 6.45) is -37.2. The molecular formula is C27H42N2O48S12. The molecule has 4 rings (SSSR count). The van der Waals surface area contributed by atoms with Crippen LogP contribution in [0, 0.1) is 0 Å². The van der Waals surface area contributed by atoms with Gasteiger partial charge in [0.1, 0.15) is 73.2 Å². The fraction of sp³-hybridized carbons (Fsp3) is 0.704. The second kappa shape index (κ2) is 28.3. The molecule has 0 bridgehead atoms. The first-order valence-corrected chi connectivity index (χ1v) is 38.1. The second-order valence-electron chi connectivity index (χ2n) is 17.2. The predicted molar refractivity (Wildman–Crippen MR) is 267 cm³/mol. The fourth-order valence-corrected chi connectivity index (χ4v) is 14.7. The van der Waals surface area contributed by atoms with E-state index in [-0.39, 0.29) is 58.4 Å². The monoisotopic (exact) mass is 1550 g/mol. The number of rotatable bonds is 32. The van der Waals surface area contributed by atoms with E-state index in [1.165, 1.54) is 0 Å². The quantitative estimate of drug-likeness (QED) is 0.0220. The molecule has 0 aromatic carbocycles. The van der Waals surface area contributed by atoms with E-state index in [0.29, 0.717) is 0 Å². The highest BCUT2D eigenvalue weighted by Gasteiger charge is 2.56. The standard InChI is InChI=1S/C27H42N2O48S12/c30-78(31,32)66-16-6-2-12(20(70-82(42,43)44)24(16)74-86(54,55)56)28(13-3-7-17(67-79(33,34)35)25(75-87(57,58)59)21(13)71-83(45,46)47)10-1-11-29(14-4-8-18(68-80(36,37)38)26(76-88(60,61)62)22(14)72-84(48,49)50)15-5-9-19(69-81(39,40)41)27(77-89(63,64)65)23(15)73-85(51,52)53/h2-9,12-27H,1,10-11H2,(H,30,31,32)(H,33,34,35)(H,36,37,38)(H,39,40,41)(H,42,43,44)(H,45,46,47)(H,48,49,50)(H,51,52,53)(H,54,55,56)(H,57,58,59)(H,60,61,62)(H,63,64,65)/t12-,13-,14-,15-,16+,17+,18+,19+,20+,21+,22+,23+,24+,25+,26+,27+/m0/s1. The lowest BCUT2D eigenvalue weighted by Gasteiger charge is -2.49. The molecule has 0 fully saturated rings. The normalized spacial score (nSPS) is 30.9. The summed E-state index contributed by atoms with van der Waals surface area (Å²) in [4.78, 5) is 0.383. The summed E-state index contributed by atoms with van der Waals surface area (Å²) in [5, 5.41) is 0. The molecule has 0 aliphatic heterocycles. The molecule has 0 spiro atoms. The van der Waals surface area contributed by atoms with Crippen molar-refractivity contribution < 1.29 is 206 Å². The zero-order valence-corrected chi connectivity index (χ0v) is 51.6. The molecule has 0 unspecified atom stereocenters. The minimum absolute atomic E-state index is 0.189. The number of hydrogen-bond acceptors (Lipinski definition) is 38. The van der Waals surface area contributed by atoms with Gasteiger partial charge in [-0.3, -0.25) is 64.4 Å². The van der Waals surface area contributed by atoms with Gasteiger partial charge in [-0.05, 0) is 6.42 Å². The van der Waals surface area contributed by atoms with Crippen LogP contribution in [0.5, 0.6) is 0 Å². The second-order valence-corrected chi connectivity index (χ2v) is 29.8. The summed E-state index contributed by atoms with van der Waals surface area (Å²) in [7, 11) is -74.3. The van der Waals surface area contributed by atoms with Gasteiger partial charge in [0.25, 0.3) is 0 Å². The van der Waals surface area contributed by atoms with Crippen LogP contribution in [0.3, 0.4) is 0 Å². The minimum Gasteiger partial charge on any atom is -0.285 e. The van der Waals surface area contributed by atoms with Crippen LogP contribution in [0.15, 0.2) is 48.6 Å². The minimum atomic E-state index is -6.34. The lowest BCUT2D eigenvalue weighted by molar-refractivity contribution is -0.0887. The largest absolute Gasteiger partial charge is 0.398 e. The van der Waals surface area contributed by atoms with Gasteiger partial charge in [0.2, 0.25) is 0 Å². The molecule has 0 aromatic rings. The van der Waals surface area contributed by atoms with Gasteiger partial charge in [0.05, 0.1) is 24.2 Å². The summed E-state index contributed by atoms with van der Waals surface area (Å²) in [6, 6.07) is -11.1. The van der Waals surface area contributed by atoms with E-state index >= 15 is 0 Å². The highest BCUT2D eigenvalue weighted by Crippen LogP contribution is 2.38. The Balaban J connectivity index is 2.26. The average molecular weight is 1550 g/mol. The van der Waals surface area contributed by atoms with Crippen molar-refractivity contribution in [2.24, 2.45) is 0 Å². The van der Waals surface area contributed by atoms with Gasteiger partial charge in [-0.15, -0.1) is 0 Å². The first kappa shape index (κ1) is 78.8. The van der Waals surface area contributed by atoms with Crippen LogP contribution in [0.1, 0.15) is 6.42 Å². The lowest BCUT2D eigenvalue weighted by Crippen LogP contribution is -2.65. The summed E-state index contributed by atoms with van der Waals surface area (Å²) >= 11 is 0. The van der Waals surface area contributed by atoms with Crippen LogP contribution >= 0.6 is 0 Å². The molecule has 0 aromatic heterocycles. The third-order valence-electron chi connectivity index (χ3n) is 11.1. The maximum atomic E-state index is 12.6. The molecule has 16 atom stereocenters. The van der Waals surface area contributed by atoms with Crippen molar-refractivity contribution in [3.8, 4) is 0 Å². The van der Waals surface area contributed by atoms with Gasteiger partial charge in [-0.1, -0.05) is 48.6 Å². The molecule has 0 saturated carbocycles. The van der Waals surface area contributed by atoms with Gasteiger partial charge in [-0.2, -0.15) is 101 Å². The van der Waals surface area contributed by atoms with E-state index in [0.717, 1.165) is 0 Å². The molecule has 89 heavy (non-hydrogen) atoms. The van der Waals surface area contributed by atoms with E-state index in [1.807, 2.05) is 0 Å². The average Bonchev–Trinajstić information content (AvgIpc) is 0.887. The summed E-state index contributed by atoms with van der Waals surface area (Å²) < 4.78 is 464. The first-order valence-electron chi connectivity index (χ1n) is 21.7. The van der Waals surface area contributed by atoms with Gasteiger partial charge in [-0.25, -0.2) is 50.2 Å². The van der Waals surface area contributed by atoms with Gasteiger partial charge < -0.3 is 0 Å². The Kier molecular flexibility index (Phi) is 25.1. The maximum absolute atomic E-state index is 12.6. The van der Waals surface area contributed by atoms with Crippen molar-refractivity contribution in [2.75, 3.05) is 13.1 Å². The van der Waals surface area contributed by atoms with Crippen LogP contribution in [-0.4, -0.2) is 276 Å². The van der Waals surface area contributed by atoms with E-state index in [1.54, 1.807) is 0 Å². The highest BCUT2D eigenvalue weighted by molar-refractivity contribution is 7.83. The topological polar surface area (TPSA) is 770 Å². The highest BCUT2D eigenvalue weighted by atomic mass is 32.3. The molecular weight excluding hydrogens is 1510 g/mol. The van der Waals surface area contributed by atoms with Crippen molar-refractivity contribution in [2.45, 2.75) is 104 Å². The Labute approximate surface area is 502 Å². The van der Waals surface area contributed by atoms with Gasteiger partial charge in [0, 0.05) is 13.1 Å². The van der Waals surface area contributed by atoms with Crippen LogP contribution < -0.4 is 0 Å². The zero-order valence-electron chi connectivity index (χ0n) is 41.8. The van der Waals surface area contributed by atoms with Gasteiger partial charge >= 0.3 is 125 Å². The third kappa shape index (κ3) is 27.3. The van der Waals surface area contributed by atoms with Crippen LogP contribution in [0.4, 0.5) is 0 Å². The fourth-order valence-electron chi connectivity index (χ4n) is 8.84. The maximum Gasteiger partial charge on any atom is 0.398 e. The molecule has 0 heterocycles. The molecule has 4 aliphatic rings. The van der Waals surface area contributed by atoms with Gasteiger partial charge in [0.15, 0.2) is 0 Å². The molecule has 0 amide bonds. The van der Waals surface area contributed by atoms with Crippen LogP contribution in [-0.2, 0) is 175 Å². The molecule has 0 radical (unpaired) electrons. The Bertz CT molecular complexity index is 3620. The first-order chi connectivity index (χ1) is 39.6. The zero-order chi connectivity index (χ0) is 68.7. The van der Waals surface area contributed by atoms with Crippen molar-refractivity contribution >= 4 is 125 Å². The molecule has 520 valence electrons. The Morgan fingerprint density at radius 3 is 0.483 bits per heavy atom. The predicted octanol–water partition coefficient (Wildman–Crippen LogP) is -8.01. The van der Waals surface area contributed by atoms with Crippen molar-refractivity contribution in [1.29, 1.82) is 0 Å². The molecule has 62 heteroatoms.